The highest BCUT2D eigenvalue weighted by Gasteiger charge is 2.32. The Labute approximate surface area is 176 Å². The first-order chi connectivity index (χ1) is 14.0. The Kier molecular flexibility index (Phi) is 7.94. The highest BCUT2D eigenvalue weighted by atomic mass is 32.2. The van der Waals surface area contributed by atoms with Crippen LogP contribution in [0.1, 0.15) is 32.6 Å². The van der Waals surface area contributed by atoms with Gasteiger partial charge in [-0.15, -0.1) is 11.8 Å². The maximum Gasteiger partial charge on any atom is 0.244 e. The van der Waals surface area contributed by atoms with Crippen LogP contribution in [0.5, 0.6) is 0 Å². The van der Waals surface area contributed by atoms with E-state index < -0.39 is 6.04 Å². The third-order valence-corrected chi connectivity index (χ3v) is 6.69. The van der Waals surface area contributed by atoms with Crippen molar-refractivity contribution in [3.05, 3.63) is 35.3 Å². The van der Waals surface area contributed by atoms with E-state index in [2.05, 4.69) is 51.0 Å². The molecule has 3 amide bonds. The number of amides is 3. The second-order valence-corrected chi connectivity index (χ2v) is 8.70. The van der Waals surface area contributed by atoms with Crippen LogP contribution in [-0.2, 0) is 14.4 Å². The average Bonchev–Trinajstić information content (AvgIpc) is 2.93. The van der Waals surface area contributed by atoms with Gasteiger partial charge in [-0.1, -0.05) is 29.9 Å². The molecule has 0 aromatic rings. The SMILES string of the molecule is CC(=O)NCNC(=O)[C@@H](CC1=CSC2C=CCC=CC12)NC(=O)C1CCNCC1. The van der Waals surface area contributed by atoms with Gasteiger partial charge in [0.15, 0.2) is 0 Å². The summed E-state index contributed by atoms with van der Waals surface area (Å²) in [7, 11) is 0. The molecule has 158 valence electrons. The molecule has 0 aromatic carbocycles. The van der Waals surface area contributed by atoms with E-state index in [1.54, 1.807) is 11.8 Å². The van der Waals surface area contributed by atoms with Gasteiger partial charge in [0.1, 0.15) is 6.04 Å². The van der Waals surface area contributed by atoms with Gasteiger partial charge in [-0.05, 0) is 44.2 Å². The average molecular weight is 419 g/mol. The Morgan fingerprint density at radius 2 is 1.93 bits per heavy atom. The van der Waals surface area contributed by atoms with Gasteiger partial charge in [0.05, 0.1) is 6.67 Å². The van der Waals surface area contributed by atoms with Gasteiger partial charge in [-0.2, -0.15) is 0 Å². The zero-order valence-electron chi connectivity index (χ0n) is 16.8. The van der Waals surface area contributed by atoms with Crippen LogP contribution >= 0.6 is 11.8 Å². The number of nitrogens with one attached hydrogen (secondary N) is 4. The molecule has 3 atom stereocenters. The predicted octanol–water partition coefficient (Wildman–Crippen LogP) is 1.20. The van der Waals surface area contributed by atoms with Crippen LogP contribution in [0.3, 0.4) is 0 Å². The van der Waals surface area contributed by atoms with E-state index >= 15 is 0 Å². The lowest BCUT2D eigenvalue weighted by atomic mass is 9.90. The lowest BCUT2D eigenvalue weighted by Gasteiger charge is -2.26. The molecular formula is C21H30N4O3S. The van der Waals surface area contributed by atoms with E-state index in [-0.39, 0.29) is 36.2 Å². The van der Waals surface area contributed by atoms with Crippen LogP contribution in [0.2, 0.25) is 0 Å². The van der Waals surface area contributed by atoms with Crippen molar-refractivity contribution in [1.82, 2.24) is 21.3 Å². The van der Waals surface area contributed by atoms with Crippen molar-refractivity contribution in [2.75, 3.05) is 19.8 Å². The number of carbonyl (C=O) groups excluding carboxylic acids is 3. The van der Waals surface area contributed by atoms with Crippen LogP contribution in [0.15, 0.2) is 35.3 Å². The normalized spacial score (nSPS) is 24.8. The fourth-order valence-corrected chi connectivity index (χ4v) is 5.06. The topological polar surface area (TPSA) is 99.3 Å². The van der Waals surface area contributed by atoms with E-state index in [0.717, 1.165) is 37.9 Å². The summed E-state index contributed by atoms with van der Waals surface area (Å²) in [5.74, 6) is -0.370. The first-order valence-electron chi connectivity index (χ1n) is 10.3. The Morgan fingerprint density at radius 3 is 2.69 bits per heavy atom. The predicted molar refractivity (Wildman–Crippen MR) is 115 cm³/mol. The van der Waals surface area contributed by atoms with E-state index in [9.17, 15) is 14.4 Å². The maximum absolute atomic E-state index is 12.8. The molecule has 4 N–H and O–H groups in total. The largest absolute Gasteiger partial charge is 0.344 e. The lowest BCUT2D eigenvalue weighted by Crippen LogP contribution is -2.51. The Morgan fingerprint density at radius 1 is 1.17 bits per heavy atom. The second kappa shape index (κ2) is 10.6. The summed E-state index contributed by atoms with van der Waals surface area (Å²) >= 11 is 1.76. The molecule has 1 fully saturated rings. The fourth-order valence-electron chi connectivity index (χ4n) is 3.84. The molecule has 0 spiro atoms. The summed E-state index contributed by atoms with van der Waals surface area (Å²) in [6.45, 7) is 3.09. The molecule has 0 aromatic heterocycles. The Balaban J connectivity index is 1.66. The lowest BCUT2D eigenvalue weighted by molar-refractivity contribution is -0.131. The maximum atomic E-state index is 12.8. The van der Waals surface area contributed by atoms with Gasteiger partial charge < -0.3 is 21.3 Å². The Hall–Kier alpha value is -2.06. The highest BCUT2D eigenvalue weighted by molar-refractivity contribution is 8.03. The van der Waals surface area contributed by atoms with Gasteiger partial charge in [-0.25, -0.2) is 0 Å². The minimum atomic E-state index is -0.655. The van der Waals surface area contributed by atoms with Gasteiger partial charge in [0.25, 0.3) is 0 Å². The summed E-state index contributed by atoms with van der Waals surface area (Å²) in [6, 6.07) is -0.655. The van der Waals surface area contributed by atoms with E-state index in [1.807, 2.05) is 0 Å². The molecule has 0 saturated carbocycles. The van der Waals surface area contributed by atoms with Crippen molar-refractivity contribution in [2.45, 2.75) is 43.9 Å². The van der Waals surface area contributed by atoms with Gasteiger partial charge in [-0.3, -0.25) is 14.4 Å². The number of carbonyl (C=O) groups is 3. The molecule has 0 radical (unpaired) electrons. The van der Waals surface area contributed by atoms with Crippen molar-refractivity contribution < 1.29 is 14.4 Å². The zero-order chi connectivity index (χ0) is 20.6. The van der Waals surface area contributed by atoms with Crippen molar-refractivity contribution in [1.29, 1.82) is 0 Å². The van der Waals surface area contributed by atoms with Crippen LogP contribution in [0, 0.1) is 11.8 Å². The van der Waals surface area contributed by atoms with Gasteiger partial charge >= 0.3 is 0 Å². The van der Waals surface area contributed by atoms with Crippen molar-refractivity contribution in [2.24, 2.45) is 11.8 Å². The summed E-state index contributed by atoms with van der Waals surface area (Å²) in [5.41, 5.74) is 1.16. The number of fused-ring (bicyclic) bond motifs is 1. The third-order valence-electron chi connectivity index (χ3n) is 5.48. The van der Waals surface area contributed by atoms with E-state index in [4.69, 9.17) is 0 Å². The molecule has 2 aliphatic heterocycles. The Bertz CT molecular complexity index is 713. The summed E-state index contributed by atoms with van der Waals surface area (Å²) < 4.78 is 0. The van der Waals surface area contributed by atoms with Crippen molar-refractivity contribution in [3.8, 4) is 0 Å². The molecule has 8 heteroatoms. The van der Waals surface area contributed by atoms with E-state index in [1.165, 1.54) is 6.92 Å². The number of allylic oxidation sites excluding steroid dienone is 3. The number of thioether (sulfide) groups is 1. The van der Waals surface area contributed by atoms with Crippen LogP contribution in [-0.4, -0.2) is 48.8 Å². The molecule has 2 heterocycles. The van der Waals surface area contributed by atoms with Crippen molar-refractivity contribution in [3.63, 3.8) is 0 Å². The summed E-state index contributed by atoms with van der Waals surface area (Å²) in [5, 5.41) is 14.0. The molecule has 1 saturated heterocycles. The van der Waals surface area contributed by atoms with Gasteiger partial charge in [0, 0.05) is 24.0 Å². The quantitative estimate of drug-likeness (QED) is 0.368. The first kappa shape index (κ1) is 21.6. The molecule has 0 bridgehead atoms. The van der Waals surface area contributed by atoms with Crippen LogP contribution in [0.25, 0.3) is 0 Å². The minimum Gasteiger partial charge on any atom is -0.344 e. The number of hydrogen-bond donors (Lipinski definition) is 4. The van der Waals surface area contributed by atoms with E-state index in [0.29, 0.717) is 11.7 Å². The summed E-state index contributed by atoms with van der Waals surface area (Å²) in [6.07, 6.45) is 11.7. The van der Waals surface area contributed by atoms with Crippen molar-refractivity contribution >= 4 is 29.5 Å². The number of rotatable bonds is 7. The van der Waals surface area contributed by atoms with Gasteiger partial charge in [0.2, 0.25) is 17.7 Å². The molecular weight excluding hydrogens is 388 g/mol. The standard InChI is InChI=1S/C21H30N4O3S/c1-14(26)23-13-24-21(28)18(25-20(27)15-7-9-22-10-8-15)11-16-12-29-19-6-4-2-3-5-17(16)19/h3-6,12,15,17-19,22H,2,7-11,13H2,1H3,(H,23,26)(H,24,28)(H,25,27)/t17?,18-,19?/m1/s1. The molecule has 2 unspecified atom stereocenters. The number of hydrogen-bond acceptors (Lipinski definition) is 5. The zero-order valence-corrected chi connectivity index (χ0v) is 17.6. The highest BCUT2D eigenvalue weighted by Crippen LogP contribution is 2.40. The molecule has 29 heavy (non-hydrogen) atoms. The first-order valence-corrected chi connectivity index (χ1v) is 11.2. The minimum absolute atomic E-state index is 0.0520. The second-order valence-electron chi connectivity index (χ2n) is 7.65. The van der Waals surface area contributed by atoms with Crippen LogP contribution in [0.4, 0.5) is 0 Å². The molecule has 3 aliphatic rings. The smallest absolute Gasteiger partial charge is 0.244 e. The monoisotopic (exact) mass is 418 g/mol. The number of piperidine rings is 1. The molecule has 3 rings (SSSR count). The third kappa shape index (κ3) is 6.21. The fraction of sp³-hybridized carbons (Fsp3) is 0.571. The molecule has 7 nitrogen and oxygen atoms in total. The summed E-state index contributed by atoms with van der Waals surface area (Å²) in [4.78, 5) is 36.7. The van der Waals surface area contributed by atoms with Crippen LogP contribution < -0.4 is 21.3 Å². The molecule has 1 aliphatic carbocycles.